The summed E-state index contributed by atoms with van der Waals surface area (Å²) in [6, 6.07) is -0.657. The zero-order valence-corrected chi connectivity index (χ0v) is 11.1. The first-order valence-corrected chi connectivity index (χ1v) is 6.56. The monoisotopic (exact) mass is 288 g/mol. The molecule has 1 fully saturated rings. The number of hydrogen-bond donors (Lipinski definition) is 2. The normalized spacial score (nSPS) is 21.6. The predicted molar refractivity (Wildman–Crippen MR) is 62.9 cm³/mol. The van der Waals surface area contributed by atoms with Gasteiger partial charge in [-0.1, -0.05) is 0 Å². The van der Waals surface area contributed by atoms with Gasteiger partial charge in [0.2, 0.25) is 0 Å². The summed E-state index contributed by atoms with van der Waals surface area (Å²) >= 11 is 0. The van der Waals surface area contributed by atoms with Gasteiger partial charge in [0, 0.05) is 6.54 Å². The largest absolute Gasteiger partial charge is 0.465 e. The number of rotatable bonds is 4. The van der Waals surface area contributed by atoms with Crippen LogP contribution >= 0.6 is 12.4 Å². The first-order valence-electron chi connectivity index (χ1n) is 5.12. The molecule has 0 radical (unpaired) electrons. The molecular formula is C8H17ClN2O5S. The Bertz CT molecular complexity index is 348. The zero-order chi connectivity index (χ0) is 12.2. The van der Waals surface area contributed by atoms with Crippen LogP contribution in [-0.2, 0) is 19.8 Å². The Labute approximate surface area is 107 Å². The number of carbonyl (C=O) groups is 1. The zero-order valence-electron chi connectivity index (χ0n) is 9.46. The number of hydrogen-bond acceptors (Lipinski definition) is 5. The third-order valence-corrected chi connectivity index (χ3v) is 2.76. The van der Waals surface area contributed by atoms with Crippen LogP contribution in [0.1, 0.15) is 26.2 Å². The van der Waals surface area contributed by atoms with Gasteiger partial charge in [-0.2, -0.15) is 8.42 Å². The SMILES string of the molecule is CCOC(=O)C1CCCCN1NS(=O)(=O)O.Cl. The number of nitrogens with zero attached hydrogens (tertiary/aromatic N) is 1. The molecule has 0 saturated carbocycles. The van der Waals surface area contributed by atoms with E-state index in [1.807, 2.05) is 4.83 Å². The third kappa shape index (κ3) is 5.64. The van der Waals surface area contributed by atoms with E-state index in [9.17, 15) is 13.2 Å². The van der Waals surface area contributed by atoms with E-state index < -0.39 is 22.3 Å². The lowest BCUT2D eigenvalue weighted by atomic mass is 10.0. The molecule has 0 bridgehead atoms. The highest BCUT2D eigenvalue weighted by Crippen LogP contribution is 2.16. The second kappa shape index (κ2) is 7.12. The molecule has 102 valence electrons. The maximum Gasteiger partial charge on any atom is 0.346 e. The van der Waals surface area contributed by atoms with Crippen molar-refractivity contribution in [2.45, 2.75) is 32.2 Å². The fourth-order valence-electron chi connectivity index (χ4n) is 1.67. The fraction of sp³-hybridized carbons (Fsp3) is 0.875. The number of ether oxygens (including phenoxy) is 1. The van der Waals surface area contributed by atoms with Gasteiger partial charge < -0.3 is 4.74 Å². The van der Waals surface area contributed by atoms with Crippen molar-refractivity contribution in [3.63, 3.8) is 0 Å². The second-order valence-corrected chi connectivity index (χ2v) is 4.66. The van der Waals surface area contributed by atoms with E-state index >= 15 is 0 Å². The molecule has 0 aromatic rings. The summed E-state index contributed by atoms with van der Waals surface area (Å²) in [4.78, 5) is 13.4. The fourth-order valence-corrected chi connectivity index (χ4v) is 2.19. The Morgan fingerprint density at radius 3 is 2.71 bits per heavy atom. The molecule has 1 heterocycles. The van der Waals surface area contributed by atoms with Gasteiger partial charge in [-0.25, -0.2) is 5.01 Å². The predicted octanol–water partition coefficient (Wildman–Crippen LogP) is 0.133. The number of carbonyl (C=O) groups excluding carboxylic acids is 1. The molecule has 0 spiro atoms. The second-order valence-electron chi connectivity index (χ2n) is 3.52. The number of halogens is 1. The molecule has 0 amide bonds. The molecular weight excluding hydrogens is 272 g/mol. The smallest absolute Gasteiger partial charge is 0.346 e. The molecule has 0 aliphatic carbocycles. The van der Waals surface area contributed by atoms with Crippen molar-refractivity contribution in [3.8, 4) is 0 Å². The summed E-state index contributed by atoms with van der Waals surface area (Å²) in [6.07, 6.45) is 2.10. The molecule has 1 saturated heterocycles. The van der Waals surface area contributed by atoms with Gasteiger partial charge in [-0.15, -0.1) is 17.2 Å². The Morgan fingerprint density at radius 2 is 2.18 bits per heavy atom. The highest BCUT2D eigenvalue weighted by atomic mass is 35.5. The molecule has 7 nitrogen and oxygen atoms in total. The van der Waals surface area contributed by atoms with Crippen LogP contribution in [0.4, 0.5) is 0 Å². The van der Waals surface area contributed by atoms with Crippen LogP contribution < -0.4 is 4.83 Å². The Morgan fingerprint density at radius 1 is 1.53 bits per heavy atom. The minimum Gasteiger partial charge on any atom is -0.465 e. The molecule has 1 atom stereocenters. The number of hydrazine groups is 1. The van der Waals surface area contributed by atoms with Crippen molar-refractivity contribution in [3.05, 3.63) is 0 Å². The lowest BCUT2D eigenvalue weighted by Crippen LogP contribution is -2.54. The Hall–Kier alpha value is -0.410. The lowest BCUT2D eigenvalue weighted by Gasteiger charge is -2.32. The Kier molecular flexibility index (Phi) is 6.95. The minimum atomic E-state index is -4.34. The van der Waals surface area contributed by atoms with Crippen LogP contribution in [0, 0.1) is 0 Å². The molecule has 1 rings (SSSR count). The number of nitrogens with one attached hydrogen (secondary N) is 1. The maximum absolute atomic E-state index is 11.5. The van der Waals surface area contributed by atoms with Crippen molar-refractivity contribution in [1.29, 1.82) is 0 Å². The molecule has 17 heavy (non-hydrogen) atoms. The Balaban J connectivity index is 0.00000256. The first kappa shape index (κ1) is 16.6. The molecule has 1 unspecified atom stereocenters. The first-order chi connectivity index (χ1) is 7.44. The summed E-state index contributed by atoms with van der Waals surface area (Å²) in [5, 5.41) is 1.21. The maximum atomic E-state index is 11.5. The minimum absolute atomic E-state index is 0. The molecule has 0 aromatic carbocycles. The molecule has 1 aliphatic heterocycles. The van der Waals surface area contributed by atoms with Gasteiger partial charge in [0.15, 0.2) is 0 Å². The van der Waals surface area contributed by atoms with E-state index in [2.05, 4.69) is 0 Å². The van der Waals surface area contributed by atoms with Crippen LogP contribution in [0.3, 0.4) is 0 Å². The topological polar surface area (TPSA) is 95.9 Å². The van der Waals surface area contributed by atoms with E-state index in [1.165, 1.54) is 5.01 Å². The molecule has 1 aliphatic rings. The highest BCUT2D eigenvalue weighted by Gasteiger charge is 2.31. The highest BCUT2D eigenvalue weighted by molar-refractivity contribution is 7.83. The van der Waals surface area contributed by atoms with Gasteiger partial charge in [0.05, 0.1) is 6.61 Å². The van der Waals surface area contributed by atoms with E-state index in [1.54, 1.807) is 6.92 Å². The van der Waals surface area contributed by atoms with Crippen molar-refractivity contribution in [2.75, 3.05) is 13.2 Å². The van der Waals surface area contributed by atoms with Crippen molar-refractivity contribution in [1.82, 2.24) is 9.84 Å². The summed E-state index contributed by atoms with van der Waals surface area (Å²) in [6.45, 7) is 2.31. The average Bonchev–Trinajstić information content (AvgIpc) is 2.16. The van der Waals surface area contributed by atoms with Gasteiger partial charge in [-0.3, -0.25) is 9.35 Å². The van der Waals surface area contributed by atoms with E-state index in [0.29, 0.717) is 13.0 Å². The summed E-state index contributed by atoms with van der Waals surface area (Å²) in [5.41, 5.74) is 0. The van der Waals surface area contributed by atoms with Crippen molar-refractivity contribution >= 4 is 28.7 Å². The van der Waals surface area contributed by atoms with Crippen molar-refractivity contribution < 1.29 is 22.5 Å². The molecule has 9 heteroatoms. The van der Waals surface area contributed by atoms with Crippen LogP contribution in [-0.4, -0.2) is 43.1 Å². The number of piperidine rings is 1. The third-order valence-electron chi connectivity index (χ3n) is 2.29. The van der Waals surface area contributed by atoms with Crippen LogP contribution in [0.25, 0.3) is 0 Å². The van der Waals surface area contributed by atoms with Crippen LogP contribution in [0.15, 0.2) is 0 Å². The van der Waals surface area contributed by atoms with E-state index in [4.69, 9.17) is 9.29 Å². The van der Waals surface area contributed by atoms with Gasteiger partial charge >= 0.3 is 16.3 Å². The number of esters is 1. The summed E-state index contributed by atoms with van der Waals surface area (Å²) in [7, 11) is -4.34. The van der Waals surface area contributed by atoms with Gasteiger partial charge in [0.1, 0.15) is 6.04 Å². The lowest BCUT2D eigenvalue weighted by molar-refractivity contribution is -0.151. The average molecular weight is 289 g/mol. The van der Waals surface area contributed by atoms with Gasteiger partial charge in [-0.05, 0) is 26.2 Å². The molecule has 2 N–H and O–H groups in total. The van der Waals surface area contributed by atoms with Crippen LogP contribution in [0.2, 0.25) is 0 Å². The quantitative estimate of drug-likeness (QED) is 0.564. The summed E-state index contributed by atoms with van der Waals surface area (Å²) < 4.78 is 34.8. The van der Waals surface area contributed by atoms with E-state index in [0.717, 1.165) is 12.8 Å². The molecule has 0 aromatic heterocycles. The van der Waals surface area contributed by atoms with Gasteiger partial charge in [0.25, 0.3) is 0 Å². The standard InChI is InChI=1S/C8H16N2O5S.ClH/c1-2-15-8(11)7-5-3-4-6-10(7)9-16(12,13)14;/h7,9H,2-6H2,1H3,(H,12,13,14);1H. The van der Waals surface area contributed by atoms with E-state index in [-0.39, 0.29) is 19.0 Å². The van der Waals surface area contributed by atoms with Crippen LogP contribution in [0.5, 0.6) is 0 Å². The summed E-state index contributed by atoms with van der Waals surface area (Å²) in [5.74, 6) is -0.474. The van der Waals surface area contributed by atoms with Crippen molar-refractivity contribution in [2.24, 2.45) is 0 Å².